The normalized spacial score (nSPS) is 20.0. The summed E-state index contributed by atoms with van der Waals surface area (Å²) in [4.78, 5) is 23.5. The Labute approximate surface area is 203 Å². The second-order valence-electron chi connectivity index (χ2n) is 9.12. The number of hydrogen-bond acceptors (Lipinski definition) is 6. The van der Waals surface area contributed by atoms with Crippen molar-refractivity contribution < 1.29 is 13.9 Å². The number of nitrogens with two attached hydrogens (primary N) is 1. The zero-order valence-electron chi connectivity index (χ0n) is 20.0. The van der Waals surface area contributed by atoms with Crippen molar-refractivity contribution in [3.8, 4) is 11.3 Å². The fourth-order valence-corrected chi connectivity index (χ4v) is 4.77. The molecule has 2 saturated heterocycles. The Kier molecular flexibility index (Phi) is 6.34. The quantitative estimate of drug-likeness (QED) is 0.625. The number of piperidine rings is 1. The van der Waals surface area contributed by atoms with Crippen LogP contribution in [0.4, 0.5) is 4.39 Å². The van der Waals surface area contributed by atoms with Gasteiger partial charge in [-0.25, -0.2) is 4.39 Å². The van der Waals surface area contributed by atoms with Crippen molar-refractivity contribution in [2.75, 3.05) is 26.3 Å². The highest BCUT2D eigenvalue weighted by molar-refractivity contribution is 6.10. The molecular weight excluding hydrogens is 447 g/mol. The number of carbonyl (C=O) groups is 1. The number of halogens is 1. The van der Waals surface area contributed by atoms with Gasteiger partial charge in [-0.3, -0.25) is 19.5 Å². The van der Waals surface area contributed by atoms with E-state index in [9.17, 15) is 4.79 Å². The van der Waals surface area contributed by atoms with Gasteiger partial charge in [0.2, 0.25) is 5.91 Å². The maximum absolute atomic E-state index is 15.3. The number of nitrogens with zero attached hydrogens (tertiary/aromatic N) is 5. The topological polar surface area (TPSA) is 98.6 Å². The first kappa shape index (κ1) is 23.2. The lowest BCUT2D eigenvalue weighted by Crippen LogP contribution is -2.40. The predicted octanol–water partition coefficient (Wildman–Crippen LogP) is 3.32. The molecule has 0 radical (unpaired) electrons. The molecule has 0 saturated carbocycles. The van der Waals surface area contributed by atoms with Crippen LogP contribution in [0.5, 0.6) is 0 Å². The summed E-state index contributed by atoms with van der Waals surface area (Å²) in [6.07, 6.45) is 7.55. The van der Waals surface area contributed by atoms with Crippen molar-refractivity contribution >= 4 is 28.1 Å². The van der Waals surface area contributed by atoms with Gasteiger partial charge in [-0.1, -0.05) is 6.07 Å². The van der Waals surface area contributed by atoms with E-state index >= 15 is 4.39 Å². The van der Waals surface area contributed by atoms with Crippen LogP contribution in [-0.4, -0.2) is 63.6 Å². The summed E-state index contributed by atoms with van der Waals surface area (Å²) in [7, 11) is 1.85. The summed E-state index contributed by atoms with van der Waals surface area (Å²) in [6.45, 7) is 3.77. The molecule has 8 nitrogen and oxygen atoms in total. The summed E-state index contributed by atoms with van der Waals surface area (Å²) < 4.78 is 22.5. The molecule has 0 atom stereocenters. The van der Waals surface area contributed by atoms with Gasteiger partial charge in [-0.15, -0.1) is 0 Å². The zero-order valence-corrected chi connectivity index (χ0v) is 20.0. The van der Waals surface area contributed by atoms with E-state index in [1.54, 1.807) is 28.0 Å². The molecule has 1 aromatic carbocycles. The lowest BCUT2D eigenvalue weighted by Gasteiger charge is -2.31. The van der Waals surface area contributed by atoms with Gasteiger partial charge < -0.3 is 15.4 Å². The first-order valence-electron chi connectivity index (χ1n) is 11.9. The number of likely N-dealkylation sites (tertiary alicyclic amines) is 1. The zero-order chi connectivity index (χ0) is 24.5. The third-order valence-corrected chi connectivity index (χ3v) is 6.74. The number of hydrogen-bond donors (Lipinski definition) is 1. The molecule has 2 aliphatic rings. The van der Waals surface area contributed by atoms with E-state index in [1.807, 2.05) is 19.3 Å². The molecule has 2 aromatic heterocycles. The molecular formula is C26H29FN6O2. The summed E-state index contributed by atoms with van der Waals surface area (Å²) >= 11 is 0. The third-order valence-electron chi connectivity index (χ3n) is 6.74. The summed E-state index contributed by atoms with van der Waals surface area (Å²) in [5.41, 5.74) is 10.5. The molecule has 1 amide bonds. The van der Waals surface area contributed by atoms with E-state index in [1.165, 1.54) is 13.0 Å². The van der Waals surface area contributed by atoms with Crippen molar-refractivity contribution in [2.45, 2.75) is 32.2 Å². The number of aromatic nitrogens is 3. The average molecular weight is 477 g/mol. The van der Waals surface area contributed by atoms with E-state index in [0.29, 0.717) is 54.9 Å². The lowest BCUT2D eigenvalue weighted by molar-refractivity contribution is -0.128. The fourth-order valence-electron chi connectivity index (χ4n) is 4.77. The average Bonchev–Trinajstić information content (AvgIpc) is 3.30. The lowest BCUT2D eigenvalue weighted by atomic mass is 9.93. The van der Waals surface area contributed by atoms with Crippen molar-refractivity contribution in [1.29, 1.82) is 0 Å². The SMILES string of the molecule is CC(=O)N1CCC(=NC2CCOCC2)C(=C(N)c2c(F)ccc3cc(-c4cnn(C)c4)ncc23)C1. The number of pyridine rings is 1. The van der Waals surface area contributed by atoms with Gasteiger partial charge in [-0.2, -0.15) is 5.10 Å². The first-order valence-corrected chi connectivity index (χ1v) is 11.9. The largest absolute Gasteiger partial charge is 0.398 e. The van der Waals surface area contributed by atoms with E-state index < -0.39 is 5.82 Å². The maximum atomic E-state index is 15.3. The van der Waals surface area contributed by atoms with E-state index in [4.69, 9.17) is 15.5 Å². The van der Waals surface area contributed by atoms with Gasteiger partial charge in [-0.05, 0) is 30.4 Å². The monoisotopic (exact) mass is 476 g/mol. The maximum Gasteiger partial charge on any atom is 0.219 e. The number of aliphatic imine (C=N–C) groups is 1. The molecule has 2 fully saturated rings. The van der Waals surface area contributed by atoms with Crippen LogP contribution in [0, 0.1) is 5.82 Å². The fraction of sp³-hybridized carbons (Fsp3) is 0.385. The minimum atomic E-state index is -0.427. The standard InChI is InChI=1S/C26H29FN6O2/c1-16(34)33-8-5-23(31-19-6-9-35-10-7-19)21(15-33)26(28)25-20-13-29-24(18-12-30-32(2)14-18)11-17(20)3-4-22(25)27/h3-4,11-14,19H,5-10,15,28H2,1-2H3. The van der Waals surface area contributed by atoms with Gasteiger partial charge in [0.1, 0.15) is 5.82 Å². The minimum Gasteiger partial charge on any atom is -0.398 e. The van der Waals surface area contributed by atoms with E-state index in [0.717, 1.165) is 35.2 Å². The molecule has 4 heterocycles. The number of amides is 1. The second kappa shape index (κ2) is 9.58. The van der Waals surface area contributed by atoms with Crippen LogP contribution in [0.2, 0.25) is 0 Å². The Bertz CT molecular complexity index is 1340. The molecule has 0 unspecified atom stereocenters. The summed E-state index contributed by atoms with van der Waals surface area (Å²) in [5, 5.41) is 5.65. The smallest absolute Gasteiger partial charge is 0.219 e. The van der Waals surface area contributed by atoms with Crippen LogP contribution in [0.25, 0.3) is 27.7 Å². The molecule has 0 bridgehead atoms. The van der Waals surface area contributed by atoms with Gasteiger partial charge in [0, 0.05) is 92.6 Å². The van der Waals surface area contributed by atoms with Crippen LogP contribution in [0.1, 0.15) is 31.7 Å². The Morgan fingerprint density at radius 1 is 1.26 bits per heavy atom. The molecule has 0 spiro atoms. The molecule has 2 N–H and O–H groups in total. The van der Waals surface area contributed by atoms with Crippen LogP contribution in [0.3, 0.4) is 0 Å². The van der Waals surface area contributed by atoms with Gasteiger partial charge >= 0.3 is 0 Å². The Balaban J connectivity index is 1.62. The Morgan fingerprint density at radius 3 is 2.77 bits per heavy atom. The molecule has 182 valence electrons. The highest BCUT2D eigenvalue weighted by Crippen LogP contribution is 2.31. The van der Waals surface area contributed by atoms with Crippen LogP contribution < -0.4 is 5.73 Å². The Morgan fingerprint density at radius 2 is 2.06 bits per heavy atom. The van der Waals surface area contributed by atoms with E-state index in [2.05, 4.69) is 10.1 Å². The molecule has 35 heavy (non-hydrogen) atoms. The molecule has 9 heteroatoms. The van der Waals surface area contributed by atoms with Gasteiger partial charge in [0.05, 0.1) is 17.9 Å². The van der Waals surface area contributed by atoms with Gasteiger partial charge in [0.25, 0.3) is 0 Å². The molecule has 2 aliphatic heterocycles. The number of benzene rings is 1. The first-order chi connectivity index (χ1) is 16.9. The number of aryl methyl sites for hydroxylation is 1. The third kappa shape index (κ3) is 4.68. The predicted molar refractivity (Wildman–Crippen MR) is 133 cm³/mol. The molecule has 5 rings (SSSR count). The van der Waals surface area contributed by atoms with Crippen molar-refractivity contribution in [3.05, 3.63) is 53.7 Å². The van der Waals surface area contributed by atoms with Crippen LogP contribution in [-0.2, 0) is 16.6 Å². The van der Waals surface area contributed by atoms with Crippen LogP contribution >= 0.6 is 0 Å². The number of fused-ring (bicyclic) bond motifs is 1. The van der Waals surface area contributed by atoms with Crippen LogP contribution in [0.15, 0.2) is 47.4 Å². The molecule has 3 aromatic rings. The number of ether oxygens (including phenoxy) is 1. The van der Waals surface area contributed by atoms with Crippen molar-refractivity contribution in [1.82, 2.24) is 19.7 Å². The second-order valence-corrected chi connectivity index (χ2v) is 9.12. The summed E-state index contributed by atoms with van der Waals surface area (Å²) in [5.74, 6) is -0.467. The van der Waals surface area contributed by atoms with Gasteiger partial charge in [0.15, 0.2) is 0 Å². The number of carbonyl (C=O) groups excluding carboxylic acids is 1. The number of rotatable bonds is 3. The van der Waals surface area contributed by atoms with E-state index in [-0.39, 0.29) is 11.9 Å². The highest BCUT2D eigenvalue weighted by atomic mass is 19.1. The summed E-state index contributed by atoms with van der Waals surface area (Å²) in [6, 6.07) is 5.21. The van der Waals surface area contributed by atoms with Crippen molar-refractivity contribution in [2.24, 2.45) is 17.8 Å². The molecule has 0 aliphatic carbocycles. The minimum absolute atomic E-state index is 0.0402. The Hall–Kier alpha value is -3.59. The highest BCUT2D eigenvalue weighted by Gasteiger charge is 2.27. The van der Waals surface area contributed by atoms with Crippen molar-refractivity contribution in [3.63, 3.8) is 0 Å².